The zero-order chi connectivity index (χ0) is 25.8. The molecule has 0 saturated carbocycles. The van der Waals surface area contributed by atoms with Gasteiger partial charge in [-0.05, 0) is 98.3 Å². The van der Waals surface area contributed by atoms with Crippen LogP contribution in [0.2, 0.25) is 0 Å². The van der Waals surface area contributed by atoms with E-state index in [0.717, 1.165) is 32.5 Å². The molecule has 1 aromatic heterocycles. The molecule has 4 rings (SSSR count). The Morgan fingerprint density at radius 2 is 1.72 bits per heavy atom. The summed E-state index contributed by atoms with van der Waals surface area (Å²) in [6.07, 6.45) is 0. The van der Waals surface area contributed by atoms with Crippen LogP contribution in [0.1, 0.15) is 49.2 Å². The Balaban J connectivity index is 1.55. The van der Waals surface area contributed by atoms with Crippen molar-refractivity contribution in [3.63, 3.8) is 0 Å². The Kier molecular flexibility index (Phi) is 7.60. The highest BCUT2D eigenvalue weighted by Gasteiger charge is 2.15. The van der Waals surface area contributed by atoms with Crippen molar-refractivity contribution in [1.29, 1.82) is 0 Å². The van der Waals surface area contributed by atoms with E-state index in [4.69, 9.17) is 14.2 Å². The third kappa shape index (κ3) is 5.52. The van der Waals surface area contributed by atoms with E-state index in [1.165, 1.54) is 24.0 Å². The summed E-state index contributed by atoms with van der Waals surface area (Å²) in [7, 11) is 1.36. The molecular weight excluding hydrogens is 474 g/mol. The third-order valence-electron chi connectivity index (χ3n) is 5.93. The van der Waals surface area contributed by atoms with Crippen molar-refractivity contribution in [2.75, 3.05) is 19.0 Å². The van der Waals surface area contributed by atoms with Crippen LogP contribution < -0.4 is 14.8 Å². The lowest BCUT2D eigenvalue weighted by Crippen LogP contribution is -2.13. The van der Waals surface area contributed by atoms with Gasteiger partial charge in [-0.1, -0.05) is 6.07 Å². The molecule has 36 heavy (non-hydrogen) atoms. The third-order valence-corrected chi connectivity index (χ3v) is 7.03. The molecule has 0 aliphatic carbocycles. The smallest absolute Gasteiger partial charge is 0.348 e. The summed E-state index contributed by atoms with van der Waals surface area (Å²) in [5.74, 6) is 0.887. The molecule has 0 fully saturated rings. The van der Waals surface area contributed by atoms with E-state index in [2.05, 4.69) is 18.3 Å². The summed E-state index contributed by atoms with van der Waals surface area (Å²) < 4.78 is 17.7. The highest BCUT2D eigenvalue weighted by Crippen LogP contribution is 2.30. The van der Waals surface area contributed by atoms with Gasteiger partial charge in [0.1, 0.15) is 23.0 Å². The van der Waals surface area contributed by atoms with Gasteiger partial charge in [0.2, 0.25) is 0 Å². The quantitative estimate of drug-likeness (QED) is 0.266. The largest absolute Gasteiger partial charge is 0.493 e. The van der Waals surface area contributed by atoms with Crippen LogP contribution >= 0.6 is 11.3 Å². The average molecular weight is 504 g/mol. The second-order valence-electron chi connectivity index (χ2n) is 8.56. The second kappa shape index (κ2) is 10.8. The molecule has 0 spiro atoms. The normalized spacial score (nSPS) is 10.8. The summed E-state index contributed by atoms with van der Waals surface area (Å²) in [4.78, 5) is 25.4. The van der Waals surface area contributed by atoms with Crippen LogP contribution in [-0.4, -0.2) is 25.6 Å². The number of hydrogen-bond acceptors (Lipinski definition) is 6. The van der Waals surface area contributed by atoms with Gasteiger partial charge in [0.25, 0.3) is 5.91 Å². The van der Waals surface area contributed by atoms with Crippen molar-refractivity contribution in [1.82, 2.24) is 0 Å². The lowest BCUT2D eigenvalue weighted by Gasteiger charge is -2.16. The van der Waals surface area contributed by atoms with E-state index in [1.807, 2.05) is 45.0 Å². The van der Waals surface area contributed by atoms with Crippen molar-refractivity contribution < 1.29 is 23.8 Å². The molecule has 1 heterocycles. The molecule has 186 valence electrons. The van der Waals surface area contributed by atoms with Gasteiger partial charge in [0.05, 0.1) is 13.7 Å². The number of hydrogen-bond donors (Lipinski definition) is 1. The van der Waals surface area contributed by atoms with Crippen molar-refractivity contribution in [3.8, 4) is 11.5 Å². The molecule has 4 aromatic rings. The summed E-state index contributed by atoms with van der Waals surface area (Å²) in [5, 5.41) is 3.81. The number of nitrogens with one attached hydrogen (secondary N) is 1. The number of carbonyl (C=O) groups is 2. The van der Waals surface area contributed by atoms with Crippen molar-refractivity contribution in [2.24, 2.45) is 0 Å². The number of rotatable bonds is 8. The fourth-order valence-corrected chi connectivity index (χ4v) is 4.92. The molecule has 0 aliphatic rings. The van der Waals surface area contributed by atoms with Gasteiger partial charge in [-0.25, -0.2) is 4.79 Å². The van der Waals surface area contributed by atoms with Gasteiger partial charge in [-0.2, -0.15) is 0 Å². The van der Waals surface area contributed by atoms with Crippen molar-refractivity contribution >= 4 is 39.0 Å². The van der Waals surface area contributed by atoms with Crippen LogP contribution in [-0.2, 0) is 11.3 Å². The molecule has 7 heteroatoms. The second-order valence-corrected chi connectivity index (χ2v) is 9.64. The van der Waals surface area contributed by atoms with Crippen LogP contribution in [0.4, 0.5) is 5.69 Å². The highest BCUT2D eigenvalue weighted by molar-refractivity contribution is 7.20. The molecule has 3 aromatic carbocycles. The minimum atomic E-state index is -0.373. The van der Waals surface area contributed by atoms with Gasteiger partial charge in [0.15, 0.2) is 0 Å². The number of fused-ring (bicyclic) bond motifs is 1. The summed E-state index contributed by atoms with van der Waals surface area (Å²) >= 11 is 1.35. The van der Waals surface area contributed by atoms with Gasteiger partial charge < -0.3 is 19.5 Å². The first-order valence-electron chi connectivity index (χ1n) is 11.7. The first-order chi connectivity index (χ1) is 17.3. The number of benzene rings is 3. The van der Waals surface area contributed by atoms with E-state index in [9.17, 15) is 9.59 Å². The summed E-state index contributed by atoms with van der Waals surface area (Å²) in [6, 6.07) is 16.8. The van der Waals surface area contributed by atoms with Crippen LogP contribution in [0.25, 0.3) is 10.1 Å². The maximum absolute atomic E-state index is 13.1. The number of ether oxygens (including phenoxy) is 3. The standard InChI is InChI=1S/C29H29NO5S/c1-6-34-24-9-7-20(13-22(24)16-35-25-12-17(2)11-18(3)19(25)4)28(31)30-23-8-10-26-21(14-23)15-27(36-26)29(32)33-5/h7-15H,6,16H2,1-5H3,(H,30,31). The highest BCUT2D eigenvalue weighted by atomic mass is 32.1. The van der Waals surface area contributed by atoms with Crippen LogP contribution in [0.3, 0.4) is 0 Å². The molecule has 1 N–H and O–H groups in total. The van der Waals surface area contributed by atoms with E-state index >= 15 is 0 Å². The minimum absolute atomic E-state index is 0.246. The molecule has 0 atom stereocenters. The van der Waals surface area contributed by atoms with Crippen molar-refractivity contribution in [3.05, 3.63) is 87.3 Å². The van der Waals surface area contributed by atoms with E-state index in [1.54, 1.807) is 24.3 Å². The van der Waals surface area contributed by atoms with E-state index in [0.29, 0.717) is 28.5 Å². The molecule has 0 saturated heterocycles. The van der Waals surface area contributed by atoms with Crippen LogP contribution in [0.5, 0.6) is 11.5 Å². The Hall–Kier alpha value is -3.84. The SMILES string of the molecule is CCOc1ccc(C(=O)Nc2ccc3sc(C(=O)OC)cc3c2)cc1COc1cc(C)cc(C)c1C. The fraction of sp³-hybridized carbons (Fsp3) is 0.241. The molecule has 6 nitrogen and oxygen atoms in total. The molecular formula is C29H29NO5S. The lowest BCUT2D eigenvalue weighted by atomic mass is 10.1. The monoisotopic (exact) mass is 503 g/mol. The van der Waals surface area contributed by atoms with E-state index < -0.39 is 0 Å². The zero-order valence-electron chi connectivity index (χ0n) is 21.1. The predicted octanol–water partition coefficient (Wildman–Crippen LogP) is 6.84. The Morgan fingerprint density at radius 1 is 0.917 bits per heavy atom. The Morgan fingerprint density at radius 3 is 2.47 bits per heavy atom. The number of aryl methyl sites for hydroxylation is 2. The topological polar surface area (TPSA) is 73.9 Å². The van der Waals surface area contributed by atoms with Gasteiger partial charge in [-0.3, -0.25) is 4.79 Å². The first kappa shape index (κ1) is 25.3. The van der Waals surface area contributed by atoms with Crippen molar-refractivity contribution in [2.45, 2.75) is 34.3 Å². The average Bonchev–Trinajstić information content (AvgIpc) is 3.29. The number of carbonyl (C=O) groups excluding carboxylic acids is 2. The van der Waals surface area contributed by atoms with Gasteiger partial charge in [0, 0.05) is 21.5 Å². The Bertz CT molecular complexity index is 1440. The maximum Gasteiger partial charge on any atom is 0.348 e. The minimum Gasteiger partial charge on any atom is -0.493 e. The molecule has 0 aliphatic heterocycles. The zero-order valence-corrected chi connectivity index (χ0v) is 21.9. The first-order valence-corrected chi connectivity index (χ1v) is 12.5. The number of anilines is 1. The number of esters is 1. The molecule has 0 bridgehead atoms. The summed E-state index contributed by atoms with van der Waals surface area (Å²) in [6.45, 7) is 8.85. The van der Waals surface area contributed by atoms with Gasteiger partial charge >= 0.3 is 5.97 Å². The number of methoxy groups -OCH3 is 1. The molecule has 0 unspecified atom stereocenters. The van der Waals surface area contributed by atoms with Gasteiger partial charge in [-0.15, -0.1) is 11.3 Å². The van der Waals surface area contributed by atoms with Crippen LogP contribution in [0, 0.1) is 20.8 Å². The Labute approximate surface area is 214 Å². The number of amides is 1. The number of thiophene rings is 1. The fourth-order valence-electron chi connectivity index (χ4n) is 3.96. The van der Waals surface area contributed by atoms with Crippen LogP contribution in [0.15, 0.2) is 54.6 Å². The predicted molar refractivity (Wildman–Crippen MR) is 144 cm³/mol. The lowest BCUT2D eigenvalue weighted by molar-refractivity contribution is 0.0606. The molecule has 0 radical (unpaired) electrons. The van der Waals surface area contributed by atoms with E-state index in [-0.39, 0.29) is 18.5 Å². The summed E-state index contributed by atoms with van der Waals surface area (Å²) in [5.41, 5.74) is 5.32. The molecule has 1 amide bonds. The maximum atomic E-state index is 13.1.